The molecule has 5 aliphatic rings. The summed E-state index contributed by atoms with van der Waals surface area (Å²) in [6.07, 6.45) is 2.20. The highest BCUT2D eigenvalue weighted by atomic mass is 35.5. The number of pyridine rings is 1. The van der Waals surface area contributed by atoms with Crippen molar-refractivity contribution < 1.29 is 28.8 Å². The second-order valence-electron chi connectivity index (χ2n) is 13.1. The molecule has 46 heavy (non-hydrogen) atoms. The van der Waals surface area contributed by atoms with E-state index in [-0.39, 0.29) is 18.2 Å². The second-order valence-corrected chi connectivity index (χ2v) is 13.5. The first-order valence-electron chi connectivity index (χ1n) is 16.3. The Hall–Kier alpha value is -3.41. The Kier molecular flexibility index (Phi) is 8.24. The van der Waals surface area contributed by atoms with E-state index in [1.54, 1.807) is 12.1 Å². The van der Waals surface area contributed by atoms with Gasteiger partial charge < -0.3 is 34.3 Å². The number of ether oxygens (including phenoxy) is 4. The zero-order valence-electron chi connectivity index (χ0n) is 25.7. The fraction of sp³-hybridized carbons (Fsp3) is 0.486. The van der Waals surface area contributed by atoms with Crippen LogP contribution in [-0.2, 0) is 27.4 Å². The van der Waals surface area contributed by atoms with Crippen molar-refractivity contribution in [2.45, 2.75) is 50.2 Å². The molecule has 1 aromatic heterocycles. The number of aromatic nitrogens is 1. The Morgan fingerprint density at radius 2 is 1.96 bits per heavy atom. The lowest BCUT2D eigenvalue weighted by Gasteiger charge is -2.41. The topological polar surface area (TPSA) is 106 Å². The summed E-state index contributed by atoms with van der Waals surface area (Å²) < 4.78 is 23.5. The molecule has 3 aromatic rings. The molecule has 3 saturated heterocycles. The summed E-state index contributed by atoms with van der Waals surface area (Å²) in [5.41, 5.74) is 6.57. The molecule has 242 valence electrons. The van der Waals surface area contributed by atoms with Gasteiger partial charge in [-0.05, 0) is 60.8 Å². The number of nitrogens with zero attached hydrogens (tertiary/aromatic N) is 3. The van der Waals surface area contributed by atoms with E-state index < -0.39 is 5.97 Å². The van der Waals surface area contributed by atoms with Crippen molar-refractivity contribution in [2.75, 3.05) is 62.8 Å². The first kappa shape index (κ1) is 30.0. The van der Waals surface area contributed by atoms with Crippen LogP contribution in [0.1, 0.15) is 57.4 Å². The van der Waals surface area contributed by atoms with E-state index in [0.717, 1.165) is 87.0 Å². The van der Waals surface area contributed by atoms with Crippen LogP contribution in [0.2, 0.25) is 5.02 Å². The number of nitrogens with one attached hydrogen (secondary N) is 1. The number of carboxylic acids is 1. The minimum absolute atomic E-state index is 0.0276. The maximum Gasteiger partial charge on any atom is 0.335 e. The van der Waals surface area contributed by atoms with Gasteiger partial charge in [-0.2, -0.15) is 0 Å². The average Bonchev–Trinajstić information content (AvgIpc) is 3.22. The number of aromatic carboxylic acids is 1. The third kappa shape index (κ3) is 5.93. The quantitative estimate of drug-likeness (QED) is 0.326. The Morgan fingerprint density at radius 3 is 2.72 bits per heavy atom. The fourth-order valence-corrected chi connectivity index (χ4v) is 7.60. The third-order valence-corrected chi connectivity index (χ3v) is 10.5. The number of likely N-dealkylation sites (tertiary alicyclic amines) is 1. The van der Waals surface area contributed by atoms with Gasteiger partial charge in [0, 0.05) is 60.6 Å². The second kappa shape index (κ2) is 12.7. The predicted molar refractivity (Wildman–Crippen MR) is 173 cm³/mol. The predicted octanol–water partition coefficient (Wildman–Crippen LogP) is 5.11. The lowest BCUT2D eigenvalue weighted by molar-refractivity contribution is -0.0453. The number of rotatable bonds is 9. The van der Waals surface area contributed by atoms with Crippen molar-refractivity contribution in [1.29, 1.82) is 0 Å². The molecule has 0 spiro atoms. The molecule has 0 aliphatic carbocycles. The van der Waals surface area contributed by atoms with Crippen LogP contribution >= 0.6 is 11.6 Å². The molecule has 0 amide bonds. The van der Waals surface area contributed by atoms with Gasteiger partial charge in [-0.15, -0.1) is 0 Å². The van der Waals surface area contributed by atoms with Gasteiger partial charge in [0.25, 0.3) is 0 Å². The van der Waals surface area contributed by atoms with E-state index >= 15 is 0 Å². The van der Waals surface area contributed by atoms with Gasteiger partial charge >= 0.3 is 5.97 Å². The van der Waals surface area contributed by atoms with Crippen LogP contribution in [0.25, 0.3) is 0 Å². The highest BCUT2D eigenvalue weighted by molar-refractivity contribution is 6.31. The molecule has 4 unspecified atom stereocenters. The van der Waals surface area contributed by atoms with Gasteiger partial charge in [-0.3, -0.25) is 4.90 Å². The first-order chi connectivity index (χ1) is 22.5. The molecular weight excluding hydrogens is 608 g/mol. The highest BCUT2D eigenvalue weighted by Gasteiger charge is 2.39. The number of benzene rings is 2. The molecule has 4 atom stereocenters. The number of anilines is 2. The molecule has 10 nitrogen and oxygen atoms in total. The van der Waals surface area contributed by atoms with Gasteiger partial charge in [-0.25, -0.2) is 9.78 Å². The molecule has 0 saturated carbocycles. The van der Waals surface area contributed by atoms with Gasteiger partial charge in [0.1, 0.15) is 12.8 Å². The third-order valence-electron chi connectivity index (χ3n) is 10.2. The summed E-state index contributed by atoms with van der Waals surface area (Å²) in [6.45, 7) is 7.26. The monoisotopic (exact) mass is 646 g/mol. The molecule has 2 aromatic carbocycles. The van der Waals surface area contributed by atoms with Crippen LogP contribution < -0.4 is 15.0 Å². The van der Waals surface area contributed by atoms with Gasteiger partial charge in [0.2, 0.25) is 5.88 Å². The number of halogens is 1. The van der Waals surface area contributed by atoms with Gasteiger partial charge in [-0.1, -0.05) is 23.7 Å². The highest BCUT2D eigenvalue weighted by Crippen LogP contribution is 2.40. The summed E-state index contributed by atoms with van der Waals surface area (Å²) in [7, 11) is 0. The minimum atomic E-state index is -0.915. The standard InChI is InChI=1S/C35H39ClN4O6/c36-29-11-21(26-18-44-19-26)1-2-23(29)20-46-33-6-4-24-16-43-17-25-13-39(9-7-28(25)34(24)38-33)15-32-37-30-5-3-22(35(41)42)12-31(30)40(32)14-27-8-10-45-27/h1-6,11-12,25-28,32,37H,7-10,13-20H2,(H,41,42). The van der Waals surface area contributed by atoms with E-state index in [4.69, 9.17) is 35.5 Å². The summed E-state index contributed by atoms with van der Waals surface area (Å²) in [5.74, 6) is 0.717. The molecule has 0 radical (unpaired) electrons. The Bertz CT molecular complexity index is 1610. The fourth-order valence-electron chi connectivity index (χ4n) is 7.36. The van der Waals surface area contributed by atoms with Crippen LogP contribution in [0.4, 0.5) is 11.4 Å². The molecule has 3 fully saturated rings. The van der Waals surface area contributed by atoms with Crippen LogP contribution in [0.3, 0.4) is 0 Å². The van der Waals surface area contributed by atoms with E-state index in [0.29, 0.717) is 48.1 Å². The normalized spacial score (nSPS) is 25.7. The Labute approximate surface area is 273 Å². The number of piperidine rings is 1. The van der Waals surface area contributed by atoms with Crippen molar-refractivity contribution in [2.24, 2.45) is 5.92 Å². The van der Waals surface area contributed by atoms with Crippen molar-refractivity contribution in [3.8, 4) is 5.88 Å². The first-order valence-corrected chi connectivity index (χ1v) is 16.7. The molecule has 0 bridgehead atoms. The number of carbonyl (C=O) groups is 1. The average molecular weight is 647 g/mol. The smallest absolute Gasteiger partial charge is 0.335 e. The Morgan fingerprint density at radius 1 is 1.07 bits per heavy atom. The van der Waals surface area contributed by atoms with Gasteiger partial charge in [0.15, 0.2) is 0 Å². The maximum atomic E-state index is 11.7. The summed E-state index contributed by atoms with van der Waals surface area (Å²) in [6, 6.07) is 15.6. The Balaban J connectivity index is 0.939. The zero-order chi connectivity index (χ0) is 31.2. The lowest BCUT2D eigenvalue weighted by Crippen LogP contribution is -2.52. The van der Waals surface area contributed by atoms with E-state index in [1.165, 1.54) is 5.56 Å². The summed E-state index contributed by atoms with van der Waals surface area (Å²) >= 11 is 6.61. The van der Waals surface area contributed by atoms with Crippen molar-refractivity contribution in [3.63, 3.8) is 0 Å². The molecule has 5 aliphatic heterocycles. The molecular formula is C35H39ClN4O6. The van der Waals surface area contributed by atoms with Crippen molar-refractivity contribution in [1.82, 2.24) is 9.88 Å². The summed E-state index contributed by atoms with van der Waals surface area (Å²) in [5, 5.41) is 14.0. The molecule has 2 N–H and O–H groups in total. The molecule has 8 rings (SSSR count). The van der Waals surface area contributed by atoms with Crippen LogP contribution in [0.15, 0.2) is 48.5 Å². The van der Waals surface area contributed by atoms with E-state index in [2.05, 4.69) is 27.2 Å². The van der Waals surface area contributed by atoms with Crippen molar-refractivity contribution >= 4 is 28.9 Å². The van der Waals surface area contributed by atoms with Crippen LogP contribution in [-0.4, -0.2) is 85.8 Å². The van der Waals surface area contributed by atoms with Crippen LogP contribution in [0.5, 0.6) is 5.88 Å². The van der Waals surface area contributed by atoms with E-state index in [1.807, 2.05) is 24.3 Å². The minimum Gasteiger partial charge on any atom is -0.478 e. The summed E-state index contributed by atoms with van der Waals surface area (Å²) in [4.78, 5) is 21.6. The molecule has 11 heteroatoms. The largest absolute Gasteiger partial charge is 0.478 e. The lowest BCUT2D eigenvalue weighted by atomic mass is 9.82. The van der Waals surface area contributed by atoms with Crippen LogP contribution in [0, 0.1) is 5.92 Å². The van der Waals surface area contributed by atoms with Gasteiger partial charge in [0.05, 0.1) is 55.2 Å². The number of hydrogen-bond acceptors (Lipinski definition) is 9. The van der Waals surface area contributed by atoms with E-state index in [9.17, 15) is 9.90 Å². The number of carboxylic acid groups (broad SMARTS) is 1. The number of hydrogen-bond donors (Lipinski definition) is 2. The molecule has 6 heterocycles. The van der Waals surface area contributed by atoms with Crippen molar-refractivity contribution in [3.05, 3.63) is 81.5 Å². The number of fused-ring (bicyclic) bond motifs is 4. The SMILES string of the molecule is O=C(O)c1ccc2c(c1)N(CC1CCO1)C(CN1CCC3c4nc(OCc5ccc(C6COC6)cc5Cl)ccc4COCC3C1)N2. The maximum absolute atomic E-state index is 11.7. The zero-order valence-corrected chi connectivity index (χ0v) is 26.5.